The number of nitrogens with one attached hydrogen (secondary N) is 1. The molecule has 3 aromatic carbocycles. The van der Waals surface area contributed by atoms with E-state index in [1.165, 1.54) is 0 Å². The zero-order valence-electron chi connectivity index (χ0n) is 19.0. The molecule has 0 fully saturated rings. The van der Waals surface area contributed by atoms with E-state index in [1.54, 1.807) is 31.4 Å². The van der Waals surface area contributed by atoms with Crippen molar-refractivity contribution in [1.29, 1.82) is 0 Å². The van der Waals surface area contributed by atoms with Gasteiger partial charge in [0.1, 0.15) is 6.61 Å². The number of allylic oxidation sites excluding steroid dienone is 2. The number of halogens is 4. The summed E-state index contributed by atoms with van der Waals surface area (Å²) in [5.41, 5.74) is 3.51. The second kappa shape index (κ2) is 10.2. The molecule has 186 valence electrons. The van der Waals surface area contributed by atoms with Crippen molar-refractivity contribution in [3.05, 3.63) is 96.4 Å². The first-order chi connectivity index (χ1) is 17.3. The smallest absolute Gasteiger partial charge is 0.336 e. The Bertz CT molecular complexity index is 1390. The number of hydrogen-bond donors (Lipinski definition) is 2. The van der Waals surface area contributed by atoms with E-state index in [-0.39, 0.29) is 30.0 Å². The van der Waals surface area contributed by atoms with E-state index in [9.17, 15) is 9.90 Å². The molecule has 3 atom stereocenters. The van der Waals surface area contributed by atoms with Crippen LogP contribution in [0.2, 0.25) is 15.1 Å². The summed E-state index contributed by atoms with van der Waals surface area (Å²) in [5, 5.41) is 14.8. The number of carboxylic acid groups (broad SMARTS) is 1. The normalized spacial score (nSPS) is 19.9. The lowest BCUT2D eigenvalue weighted by atomic mass is 9.75. The van der Waals surface area contributed by atoms with Crippen molar-refractivity contribution < 1.29 is 19.4 Å². The lowest BCUT2D eigenvalue weighted by Crippen LogP contribution is -2.30. The Morgan fingerprint density at radius 3 is 2.61 bits per heavy atom. The number of methoxy groups -OCH3 is 1. The fourth-order valence-electron chi connectivity index (χ4n) is 5.04. The number of anilines is 1. The van der Waals surface area contributed by atoms with Crippen LogP contribution >= 0.6 is 50.7 Å². The second-order valence-electron chi connectivity index (χ2n) is 8.74. The van der Waals surface area contributed by atoms with Gasteiger partial charge in [0.2, 0.25) is 0 Å². The number of aromatic carboxylic acids is 1. The number of benzene rings is 3. The van der Waals surface area contributed by atoms with E-state index < -0.39 is 5.97 Å². The Morgan fingerprint density at radius 2 is 1.89 bits per heavy atom. The Kier molecular flexibility index (Phi) is 7.14. The van der Waals surface area contributed by atoms with E-state index in [0.717, 1.165) is 27.6 Å². The monoisotopic (exact) mass is 607 g/mol. The molecule has 2 N–H and O–H groups in total. The standard InChI is InChI=1S/C27H21BrCl3NO4/c1-35-22-11-14(10-18(28)26(22)36-12-13-5-7-19(29)21(31)9-13)24-16-4-2-3-15(16)23-17(27(33)34)6-8-20(30)25(23)32-24/h2-3,5-11,15-16,24,32H,4,12H2,1H3,(H,33,34)/t15-,16-,24-/m0/s1. The first kappa shape index (κ1) is 25.3. The van der Waals surface area contributed by atoms with Crippen molar-refractivity contribution in [3.63, 3.8) is 0 Å². The third kappa shape index (κ3) is 4.56. The Morgan fingerprint density at radius 1 is 1.11 bits per heavy atom. The van der Waals surface area contributed by atoms with E-state index in [4.69, 9.17) is 44.3 Å². The van der Waals surface area contributed by atoms with Crippen LogP contribution in [0, 0.1) is 5.92 Å². The molecule has 0 spiro atoms. The molecule has 0 saturated heterocycles. The predicted molar refractivity (Wildman–Crippen MR) is 146 cm³/mol. The van der Waals surface area contributed by atoms with Crippen molar-refractivity contribution in [2.24, 2.45) is 5.92 Å². The first-order valence-electron chi connectivity index (χ1n) is 11.2. The summed E-state index contributed by atoms with van der Waals surface area (Å²) in [5.74, 6) is 0.228. The highest BCUT2D eigenvalue weighted by Crippen LogP contribution is 2.53. The Balaban J connectivity index is 1.49. The maximum atomic E-state index is 11.9. The molecule has 9 heteroatoms. The molecule has 1 heterocycles. The van der Waals surface area contributed by atoms with Crippen molar-refractivity contribution in [3.8, 4) is 11.5 Å². The van der Waals surface area contributed by atoms with Crippen LogP contribution in [-0.4, -0.2) is 18.2 Å². The molecule has 2 aliphatic rings. The van der Waals surface area contributed by atoms with Crippen LogP contribution in [0.3, 0.4) is 0 Å². The van der Waals surface area contributed by atoms with Gasteiger partial charge in [-0.15, -0.1) is 0 Å². The first-order valence-corrected chi connectivity index (χ1v) is 13.1. The number of ether oxygens (including phenoxy) is 2. The number of hydrogen-bond acceptors (Lipinski definition) is 4. The van der Waals surface area contributed by atoms with Gasteiger partial charge in [0, 0.05) is 5.92 Å². The van der Waals surface area contributed by atoms with Crippen LogP contribution in [0.25, 0.3) is 0 Å². The van der Waals surface area contributed by atoms with Gasteiger partial charge in [-0.3, -0.25) is 0 Å². The van der Waals surface area contributed by atoms with Crippen molar-refractivity contribution in [2.75, 3.05) is 12.4 Å². The molecule has 0 aromatic heterocycles. The van der Waals surface area contributed by atoms with Gasteiger partial charge in [0.05, 0.1) is 43.9 Å². The molecule has 5 rings (SSSR count). The highest BCUT2D eigenvalue weighted by atomic mass is 79.9. The zero-order chi connectivity index (χ0) is 25.6. The minimum absolute atomic E-state index is 0.0635. The van der Waals surface area contributed by atoms with E-state index in [1.807, 2.05) is 18.2 Å². The third-order valence-corrected chi connectivity index (χ3v) is 8.32. The number of fused-ring (bicyclic) bond motifs is 3. The summed E-state index contributed by atoms with van der Waals surface area (Å²) >= 11 is 22.4. The summed E-state index contributed by atoms with van der Waals surface area (Å²) in [6.45, 7) is 0.280. The molecule has 0 bridgehead atoms. The van der Waals surface area contributed by atoms with Gasteiger partial charge in [0.15, 0.2) is 11.5 Å². The number of carboxylic acids is 1. The highest BCUT2D eigenvalue weighted by molar-refractivity contribution is 9.10. The summed E-state index contributed by atoms with van der Waals surface area (Å²) < 4.78 is 12.5. The van der Waals surface area contributed by atoms with E-state index >= 15 is 0 Å². The number of carbonyl (C=O) groups is 1. The predicted octanol–water partition coefficient (Wildman–Crippen LogP) is 8.52. The van der Waals surface area contributed by atoms with E-state index in [2.05, 4.69) is 33.4 Å². The Hall–Kier alpha value is -2.38. The molecular weight excluding hydrogens is 589 g/mol. The largest absolute Gasteiger partial charge is 0.493 e. The lowest BCUT2D eigenvalue weighted by Gasteiger charge is -2.38. The molecule has 1 aliphatic carbocycles. The maximum Gasteiger partial charge on any atom is 0.336 e. The van der Waals surface area contributed by atoms with Crippen LogP contribution in [0.15, 0.2) is 59.1 Å². The van der Waals surface area contributed by atoms with Crippen LogP contribution < -0.4 is 14.8 Å². The van der Waals surface area contributed by atoms with Gasteiger partial charge >= 0.3 is 5.97 Å². The van der Waals surface area contributed by atoms with Crippen LogP contribution in [0.4, 0.5) is 5.69 Å². The fraction of sp³-hybridized carbons (Fsp3) is 0.222. The highest BCUT2D eigenvalue weighted by Gasteiger charge is 2.41. The average molecular weight is 610 g/mol. The lowest BCUT2D eigenvalue weighted by molar-refractivity contribution is 0.0695. The third-order valence-electron chi connectivity index (χ3n) is 6.68. The minimum atomic E-state index is -0.963. The summed E-state index contributed by atoms with van der Waals surface area (Å²) in [6, 6.07) is 12.4. The number of rotatable bonds is 6. The molecule has 0 unspecified atom stereocenters. The summed E-state index contributed by atoms with van der Waals surface area (Å²) in [4.78, 5) is 11.9. The fourth-order valence-corrected chi connectivity index (χ4v) is 6.15. The SMILES string of the molecule is COc1cc([C@@H]2Nc3c(Cl)ccc(C(=O)O)c3[C@H]3C=CC[C@@H]32)cc(Br)c1OCc1ccc(Cl)c(Cl)c1. The van der Waals surface area contributed by atoms with Crippen LogP contribution in [-0.2, 0) is 6.61 Å². The van der Waals surface area contributed by atoms with Crippen LogP contribution in [0.1, 0.15) is 45.4 Å². The van der Waals surface area contributed by atoms with Crippen molar-refractivity contribution in [1.82, 2.24) is 0 Å². The molecule has 3 aromatic rings. The van der Waals surface area contributed by atoms with Crippen LogP contribution in [0.5, 0.6) is 11.5 Å². The van der Waals surface area contributed by atoms with Gasteiger partial charge < -0.3 is 19.9 Å². The quantitative estimate of drug-likeness (QED) is 0.274. The van der Waals surface area contributed by atoms with Crippen molar-refractivity contribution >= 4 is 62.4 Å². The second-order valence-corrected chi connectivity index (χ2v) is 10.8. The van der Waals surface area contributed by atoms with E-state index in [0.29, 0.717) is 32.3 Å². The molecular formula is C27H21BrCl3NO4. The van der Waals surface area contributed by atoms with Crippen molar-refractivity contribution in [2.45, 2.75) is 25.0 Å². The molecule has 0 radical (unpaired) electrons. The summed E-state index contributed by atoms with van der Waals surface area (Å²) in [6.07, 6.45) is 5.00. The zero-order valence-corrected chi connectivity index (χ0v) is 22.9. The van der Waals surface area contributed by atoms with Gasteiger partial charge in [0.25, 0.3) is 0 Å². The van der Waals surface area contributed by atoms with Gasteiger partial charge in [-0.1, -0.05) is 53.0 Å². The molecule has 36 heavy (non-hydrogen) atoms. The topological polar surface area (TPSA) is 67.8 Å². The molecule has 0 saturated carbocycles. The Labute approximate surface area is 232 Å². The molecule has 0 amide bonds. The average Bonchev–Trinajstić information content (AvgIpc) is 3.34. The maximum absolute atomic E-state index is 11.9. The van der Waals surface area contributed by atoms with Gasteiger partial charge in [-0.2, -0.15) is 0 Å². The van der Waals surface area contributed by atoms with Gasteiger partial charge in [-0.25, -0.2) is 4.79 Å². The molecule has 1 aliphatic heterocycles. The summed E-state index contributed by atoms with van der Waals surface area (Å²) in [7, 11) is 1.59. The van der Waals surface area contributed by atoms with Gasteiger partial charge in [-0.05, 0) is 81.4 Å². The minimum Gasteiger partial charge on any atom is -0.493 e. The molecule has 5 nitrogen and oxygen atoms in total.